The number of fused-ring (bicyclic) bond motifs is 1. The Kier molecular flexibility index (Phi) is 2.82. The zero-order chi connectivity index (χ0) is 10.7. The van der Waals surface area contributed by atoms with Crippen molar-refractivity contribution in [3.63, 3.8) is 0 Å². The molecule has 1 aliphatic rings. The van der Waals surface area contributed by atoms with Crippen molar-refractivity contribution in [2.45, 2.75) is 6.92 Å². The molecule has 15 heavy (non-hydrogen) atoms. The molecule has 4 nitrogen and oxygen atoms in total. The summed E-state index contributed by atoms with van der Waals surface area (Å²) in [4.78, 5) is 18.1. The molecular formula is C10H10N2O2S. The maximum absolute atomic E-state index is 11.6. The molecule has 0 radical (unpaired) electrons. The van der Waals surface area contributed by atoms with E-state index in [4.69, 9.17) is 4.74 Å². The Morgan fingerprint density at radius 2 is 2.53 bits per heavy atom. The number of nitrogens with zero attached hydrogens (tertiary/aromatic N) is 2. The average Bonchev–Trinajstić information content (AvgIpc) is 2.58. The van der Waals surface area contributed by atoms with Crippen molar-refractivity contribution in [2.24, 2.45) is 4.99 Å². The van der Waals surface area contributed by atoms with Gasteiger partial charge in [0.05, 0.1) is 17.2 Å². The zero-order valence-corrected chi connectivity index (χ0v) is 9.03. The second-order valence-corrected chi connectivity index (χ2v) is 3.76. The van der Waals surface area contributed by atoms with Crippen LogP contribution in [0.5, 0.6) is 0 Å². The van der Waals surface area contributed by atoms with E-state index in [0.29, 0.717) is 6.61 Å². The van der Waals surface area contributed by atoms with Crippen molar-refractivity contribution in [3.05, 3.63) is 28.7 Å². The van der Waals surface area contributed by atoms with Gasteiger partial charge in [0.25, 0.3) is 0 Å². The Labute approximate surface area is 91.5 Å². The maximum atomic E-state index is 11.6. The summed E-state index contributed by atoms with van der Waals surface area (Å²) < 4.78 is 4.95. The third-order valence-corrected chi connectivity index (χ3v) is 2.73. The minimum atomic E-state index is -0.376. The predicted octanol–water partition coefficient (Wildman–Crippen LogP) is 2.61. The molecule has 1 aliphatic heterocycles. The Morgan fingerprint density at radius 3 is 3.33 bits per heavy atom. The van der Waals surface area contributed by atoms with Crippen LogP contribution in [0.4, 0.5) is 10.5 Å². The Morgan fingerprint density at radius 1 is 1.67 bits per heavy atom. The highest BCUT2D eigenvalue weighted by atomic mass is 32.1. The molecule has 0 bridgehead atoms. The first kappa shape index (κ1) is 9.92. The molecule has 1 amide bonds. The van der Waals surface area contributed by atoms with Crippen LogP contribution in [-0.4, -0.2) is 18.9 Å². The van der Waals surface area contributed by atoms with Gasteiger partial charge in [-0.25, -0.2) is 4.79 Å². The minimum absolute atomic E-state index is 0.365. The van der Waals surface area contributed by atoms with Crippen molar-refractivity contribution < 1.29 is 9.53 Å². The molecule has 0 atom stereocenters. The summed E-state index contributed by atoms with van der Waals surface area (Å²) in [5.74, 6) is 0. The van der Waals surface area contributed by atoms with Gasteiger partial charge in [0.2, 0.25) is 0 Å². The van der Waals surface area contributed by atoms with Crippen molar-refractivity contribution in [3.8, 4) is 0 Å². The monoisotopic (exact) mass is 222 g/mol. The van der Waals surface area contributed by atoms with Gasteiger partial charge in [0, 0.05) is 18.6 Å². The number of aliphatic imine (C=N–C) groups is 1. The van der Waals surface area contributed by atoms with Crippen molar-refractivity contribution >= 4 is 29.3 Å². The van der Waals surface area contributed by atoms with Gasteiger partial charge < -0.3 is 4.74 Å². The molecule has 0 N–H and O–H groups in total. The highest BCUT2D eigenvalue weighted by molar-refractivity contribution is 7.12. The summed E-state index contributed by atoms with van der Waals surface area (Å²) >= 11 is 1.54. The van der Waals surface area contributed by atoms with Crippen LogP contribution in [0.15, 0.2) is 28.8 Å². The number of ether oxygens (including phenoxy) is 1. The molecule has 0 fully saturated rings. The third-order valence-electron chi connectivity index (χ3n) is 1.89. The summed E-state index contributed by atoms with van der Waals surface area (Å²) in [7, 11) is 0. The molecule has 0 spiro atoms. The smallest absolute Gasteiger partial charge is 0.418 e. The molecule has 0 aromatic carbocycles. The van der Waals surface area contributed by atoms with Crippen LogP contribution in [0.2, 0.25) is 0 Å². The number of rotatable bonds is 1. The van der Waals surface area contributed by atoms with E-state index in [1.54, 1.807) is 25.5 Å². The number of thiophene rings is 1. The Hall–Kier alpha value is -1.62. The summed E-state index contributed by atoms with van der Waals surface area (Å²) in [5, 5.41) is 1.92. The second kappa shape index (κ2) is 4.27. The van der Waals surface area contributed by atoms with Crippen LogP contribution >= 0.6 is 11.3 Å². The Balaban J connectivity index is 2.32. The van der Waals surface area contributed by atoms with Gasteiger partial charge in [-0.2, -0.15) is 0 Å². The van der Waals surface area contributed by atoms with Crippen LogP contribution in [0.25, 0.3) is 0 Å². The van der Waals surface area contributed by atoms with Crippen molar-refractivity contribution in [1.29, 1.82) is 0 Å². The SMILES string of the molecule is CCOC(=O)N1C=CN=Cc2sccc21. The van der Waals surface area contributed by atoms with E-state index in [-0.39, 0.29) is 6.09 Å². The molecule has 0 aliphatic carbocycles. The molecule has 1 aromatic rings. The first-order chi connectivity index (χ1) is 7.33. The van der Waals surface area contributed by atoms with Gasteiger partial charge in [0.1, 0.15) is 0 Å². The highest BCUT2D eigenvalue weighted by Crippen LogP contribution is 2.27. The van der Waals surface area contributed by atoms with E-state index < -0.39 is 0 Å². The zero-order valence-electron chi connectivity index (χ0n) is 8.21. The molecule has 5 heteroatoms. The van der Waals surface area contributed by atoms with E-state index in [9.17, 15) is 4.79 Å². The maximum Gasteiger partial charge on any atom is 0.418 e. The van der Waals surface area contributed by atoms with Crippen LogP contribution < -0.4 is 4.90 Å². The molecule has 0 unspecified atom stereocenters. The van der Waals surface area contributed by atoms with Crippen molar-refractivity contribution in [1.82, 2.24) is 0 Å². The minimum Gasteiger partial charge on any atom is -0.449 e. The topological polar surface area (TPSA) is 41.9 Å². The van der Waals surface area contributed by atoms with Gasteiger partial charge in [-0.1, -0.05) is 0 Å². The summed E-state index contributed by atoms with van der Waals surface area (Å²) in [5.41, 5.74) is 0.816. The molecule has 2 rings (SSSR count). The number of hydrogen-bond acceptors (Lipinski definition) is 4. The Bertz CT molecular complexity index is 423. The predicted molar refractivity (Wildman–Crippen MR) is 60.6 cm³/mol. The molecule has 78 valence electrons. The van der Waals surface area contributed by atoms with E-state index in [2.05, 4.69) is 4.99 Å². The number of carbonyl (C=O) groups is 1. The van der Waals surface area contributed by atoms with E-state index in [1.807, 2.05) is 11.4 Å². The summed E-state index contributed by atoms with van der Waals surface area (Å²) in [6.45, 7) is 2.15. The van der Waals surface area contributed by atoms with E-state index in [0.717, 1.165) is 10.6 Å². The normalized spacial score (nSPS) is 13.5. The lowest BCUT2D eigenvalue weighted by Crippen LogP contribution is -2.25. The standard InChI is InChI=1S/C10H10N2O2S/c1-2-14-10(13)12-5-4-11-7-9-8(12)3-6-15-9/h3-7H,2H2,1H3. The average molecular weight is 222 g/mol. The fraction of sp³-hybridized carbons (Fsp3) is 0.200. The molecule has 0 saturated heterocycles. The number of carbonyl (C=O) groups excluding carboxylic acids is 1. The number of amides is 1. The second-order valence-electron chi connectivity index (χ2n) is 2.82. The first-order valence-corrected chi connectivity index (χ1v) is 5.44. The van der Waals surface area contributed by atoms with Crippen LogP contribution in [0.3, 0.4) is 0 Å². The van der Waals surface area contributed by atoms with Crippen LogP contribution in [0, 0.1) is 0 Å². The summed E-state index contributed by atoms with van der Waals surface area (Å²) in [6, 6.07) is 1.87. The highest BCUT2D eigenvalue weighted by Gasteiger charge is 2.18. The molecular weight excluding hydrogens is 212 g/mol. The van der Waals surface area contributed by atoms with Crippen molar-refractivity contribution in [2.75, 3.05) is 11.5 Å². The molecule has 1 aromatic heterocycles. The first-order valence-electron chi connectivity index (χ1n) is 4.56. The lowest BCUT2D eigenvalue weighted by atomic mass is 10.4. The third kappa shape index (κ3) is 1.92. The van der Waals surface area contributed by atoms with Gasteiger partial charge >= 0.3 is 6.09 Å². The lowest BCUT2D eigenvalue weighted by Gasteiger charge is -2.15. The molecule has 0 saturated carbocycles. The molecule has 2 heterocycles. The lowest BCUT2D eigenvalue weighted by molar-refractivity contribution is 0.162. The quantitative estimate of drug-likeness (QED) is 0.733. The fourth-order valence-electron chi connectivity index (χ4n) is 1.26. The van der Waals surface area contributed by atoms with Gasteiger partial charge in [-0.15, -0.1) is 11.3 Å². The van der Waals surface area contributed by atoms with Crippen LogP contribution in [0.1, 0.15) is 11.8 Å². The van der Waals surface area contributed by atoms with Gasteiger partial charge in [0.15, 0.2) is 0 Å². The van der Waals surface area contributed by atoms with E-state index >= 15 is 0 Å². The summed E-state index contributed by atoms with van der Waals surface area (Å²) in [6.07, 6.45) is 4.53. The largest absolute Gasteiger partial charge is 0.449 e. The van der Waals surface area contributed by atoms with Crippen LogP contribution in [-0.2, 0) is 4.74 Å². The fourth-order valence-corrected chi connectivity index (χ4v) is 2.01. The van der Waals surface area contributed by atoms with E-state index in [1.165, 1.54) is 16.2 Å². The van der Waals surface area contributed by atoms with Gasteiger partial charge in [-0.05, 0) is 18.4 Å². The number of anilines is 1. The van der Waals surface area contributed by atoms with Gasteiger partial charge in [-0.3, -0.25) is 9.89 Å². The number of hydrogen-bond donors (Lipinski definition) is 0.